The van der Waals surface area contributed by atoms with Crippen molar-refractivity contribution < 1.29 is 13.6 Å². The van der Waals surface area contributed by atoms with Crippen molar-refractivity contribution in [3.05, 3.63) is 23.4 Å². The minimum absolute atomic E-state index is 0.689. The van der Waals surface area contributed by atoms with Crippen LogP contribution in [0.5, 0.6) is 0 Å². The van der Waals surface area contributed by atoms with Crippen molar-refractivity contribution in [3.8, 4) is 0 Å². The normalized spacial score (nSPS) is 22.7. The molecule has 0 unspecified atom stereocenters. The molecule has 1 rings (SSSR count). The number of hydrogen-bond acceptors (Lipinski definition) is 3. The highest BCUT2D eigenvalue weighted by atomic mass is 28.4. The summed E-state index contributed by atoms with van der Waals surface area (Å²) in [7, 11) is -1.68. The summed E-state index contributed by atoms with van der Waals surface area (Å²) >= 11 is 0. The first-order valence-corrected chi connectivity index (χ1v) is 15.8. The average molecular weight is 357 g/mol. The maximum absolute atomic E-state index is 6.42. The first kappa shape index (κ1) is 20.4. The minimum atomic E-state index is -1.72. The fraction of sp³-hybridized carbons (Fsp3) is 0.778. The van der Waals surface area contributed by atoms with Crippen LogP contribution in [0.25, 0.3) is 0 Å². The Morgan fingerprint density at radius 2 is 1.48 bits per heavy atom. The Morgan fingerprint density at radius 1 is 0.870 bits per heavy atom. The quantitative estimate of drug-likeness (QED) is 0.435. The maximum atomic E-state index is 6.42. The topological polar surface area (TPSA) is 27.7 Å². The van der Waals surface area contributed by atoms with Crippen molar-refractivity contribution in [2.75, 3.05) is 7.11 Å². The fourth-order valence-electron chi connectivity index (χ4n) is 2.60. The van der Waals surface area contributed by atoms with Gasteiger partial charge in [0.1, 0.15) is 5.76 Å². The summed E-state index contributed by atoms with van der Waals surface area (Å²) in [6, 6.07) is 0. The monoisotopic (exact) mass is 356 g/mol. The lowest BCUT2D eigenvalue weighted by Crippen LogP contribution is -2.28. The third-order valence-corrected chi connectivity index (χ3v) is 5.13. The first-order valence-electron chi connectivity index (χ1n) is 8.98. The van der Waals surface area contributed by atoms with E-state index in [4.69, 9.17) is 13.6 Å². The second-order valence-corrected chi connectivity index (χ2v) is 17.1. The van der Waals surface area contributed by atoms with Crippen LogP contribution in [0.4, 0.5) is 0 Å². The van der Waals surface area contributed by atoms with Crippen LogP contribution in [0, 0.1) is 0 Å². The van der Waals surface area contributed by atoms with Crippen LogP contribution in [0.1, 0.15) is 44.9 Å². The lowest BCUT2D eigenvalue weighted by Gasteiger charge is -2.28. The Balaban J connectivity index is 3.21. The van der Waals surface area contributed by atoms with E-state index in [0.717, 1.165) is 24.2 Å². The smallest absolute Gasteiger partial charge is 0.272 e. The van der Waals surface area contributed by atoms with Crippen molar-refractivity contribution in [1.82, 2.24) is 0 Å². The summed E-state index contributed by atoms with van der Waals surface area (Å²) in [5, 5.41) is 0. The number of allylic oxidation sites excluding steroid dienone is 2. The van der Waals surface area contributed by atoms with E-state index in [9.17, 15) is 0 Å². The molecule has 0 spiro atoms. The van der Waals surface area contributed by atoms with Gasteiger partial charge in [0.05, 0.1) is 12.7 Å². The molecule has 0 aliphatic heterocycles. The predicted octanol–water partition coefficient (Wildman–Crippen LogP) is 6.18. The first-order chi connectivity index (χ1) is 10.6. The molecule has 0 saturated heterocycles. The Labute approximate surface area is 145 Å². The van der Waals surface area contributed by atoms with E-state index >= 15 is 0 Å². The summed E-state index contributed by atoms with van der Waals surface area (Å²) in [4.78, 5) is 0. The molecule has 0 aromatic heterocycles. The third kappa shape index (κ3) is 8.65. The molecule has 0 aromatic carbocycles. The average Bonchev–Trinajstić information content (AvgIpc) is 2.40. The van der Waals surface area contributed by atoms with Crippen LogP contribution in [-0.2, 0) is 13.6 Å². The number of ether oxygens (including phenoxy) is 1. The Hall–Kier alpha value is -0.686. The molecule has 0 atom stereocenters. The molecule has 0 heterocycles. The van der Waals surface area contributed by atoms with Gasteiger partial charge >= 0.3 is 0 Å². The van der Waals surface area contributed by atoms with Gasteiger partial charge in [0.25, 0.3) is 5.95 Å². The van der Waals surface area contributed by atoms with Crippen LogP contribution in [0.3, 0.4) is 0 Å². The summed E-state index contributed by atoms with van der Waals surface area (Å²) in [6.45, 7) is 13.3. The van der Waals surface area contributed by atoms with Gasteiger partial charge in [-0.25, -0.2) is 0 Å². The van der Waals surface area contributed by atoms with Crippen molar-refractivity contribution in [2.45, 2.75) is 84.2 Å². The Kier molecular flexibility index (Phi) is 7.94. The Morgan fingerprint density at radius 3 is 2.04 bits per heavy atom. The van der Waals surface area contributed by atoms with Gasteiger partial charge in [0, 0.05) is 0 Å². The van der Waals surface area contributed by atoms with Gasteiger partial charge in [0.2, 0.25) is 16.6 Å². The highest BCUT2D eigenvalue weighted by Crippen LogP contribution is 2.30. The lowest BCUT2D eigenvalue weighted by atomic mass is 10.0. The van der Waals surface area contributed by atoms with Crippen molar-refractivity contribution in [1.29, 1.82) is 0 Å². The highest BCUT2D eigenvalue weighted by Gasteiger charge is 2.26. The van der Waals surface area contributed by atoms with Gasteiger partial charge < -0.3 is 13.6 Å². The van der Waals surface area contributed by atoms with Crippen molar-refractivity contribution in [3.63, 3.8) is 0 Å². The molecule has 0 aromatic rings. The molecule has 0 bridgehead atoms. The van der Waals surface area contributed by atoms with Crippen LogP contribution >= 0.6 is 0 Å². The van der Waals surface area contributed by atoms with Gasteiger partial charge in [-0.1, -0.05) is 19.3 Å². The maximum Gasteiger partial charge on any atom is 0.272 e. The molecule has 5 heteroatoms. The summed E-state index contributed by atoms with van der Waals surface area (Å²) in [5.74, 6) is 1.70. The van der Waals surface area contributed by atoms with Gasteiger partial charge in [-0.15, -0.1) is 0 Å². The molecule has 0 N–H and O–H groups in total. The SMILES string of the molecule is CO/C(O[Si](C)(C)C)=C1CCCCCCC/C=C\1O[Si](C)(C)C. The summed E-state index contributed by atoms with van der Waals surface area (Å²) in [6.07, 6.45) is 10.6. The molecular weight excluding hydrogens is 320 g/mol. The molecule has 1 aliphatic rings. The molecule has 3 nitrogen and oxygen atoms in total. The zero-order valence-corrected chi connectivity index (χ0v) is 18.3. The second-order valence-electron chi connectivity index (χ2n) is 8.27. The van der Waals surface area contributed by atoms with Gasteiger partial charge in [0.15, 0.2) is 0 Å². The summed E-state index contributed by atoms with van der Waals surface area (Å²) in [5.41, 5.74) is 1.14. The number of hydrogen-bond donors (Lipinski definition) is 0. The van der Waals surface area contributed by atoms with E-state index in [-0.39, 0.29) is 0 Å². The molecule has 0 saturated carbocycles. The predicted molar refractivity (Wildman–Crippen MR) is 103 cm³/mol. The van der Waals surface area contributed by atoms with E-state index in [2.05, 4.69) is 45.4 Å². The van der Waals surface area contributed by atoms with E-state index in [0.29, 0.717) is 5.95 Å². The van der Waals surface area contributed by atoms with Crippen molar-refractivity contribution in [2.24, 2.45) is 0 Å². The molecular formula is C18H36O3Si2. The molecule has 0 fully saturated rings. The number of methoxy groups -OCH3 is 1. The third-order valence-electron chi connectivity index (χ3n) is 3.50. The highest BCUT2D eigenvalue weighted by molar-refractivity contribution is 6.70. The zero-order valence-electron chi connectivity index (χ0n) is 16.3. The fourth-order valence-corrected chi connectivity index (χ4v) is 4.23. The second kappa shape index (κ2) is 8.97. The van der Waals surface area contributed by atoms with Gasteiger partial charge in [-0.2, -0.15) is 0 Å². The molecule has 23 heavy (non-hydrogen) atoms. The van der Waals surface area contributed by atoms with E-state index in [1.54, 1.807) is 7.11 Å². The Bertz CT molecular complexity index is 429. The standard InChI is InChI=1S/C18H36O3Si2/c1-19-18(21-23(5,6)7)16-14-12-10-8-9-11-13-15-17(16)20-22(2,3)4/h15H,8-14H2,1-7H3/b17-15+,18-16-. The lowest BCUT2D eigenvalue weighted by molar-refractivity contribution is 0.139. The minimum Gasteiger partial charge on any atom is -0.544 e. The van der Waals surface area contributed by atoms with Crippen molar-refractivity contribution >= 4 is 16.6 Å². The summed E-state index contributed by atoms with van der Waals surface area (Å²) < 4.78 is 18.3. The van der Waals surface area contributed by atoms with Gasteiger partial charge in [-0.3, -0.25) is 0 Å². The number of rotatable bonds is 5. The zero-order chi connectivity index (χ0) is 17.5. The van der Waals surface area contributed by atoms with E-state index in [1.807, 2.05) is 0 Å². The van der Waals surface area contributed by atoms with Crippen LogP contribution < -0.4 is 0 Å². The molecule has 0 radical (unpaired) electrons. The van der Waals surface area contributed by atoms with E-state index in [1.165, 1.54) is 32.1 Å². The molecule has 134 valence electrons. The molecule has 0 amide bonds. The van der Waals surface area contributed by atoms with Crippen LogP contribution in [0.2, 0.25) is 39.3 Å². The van der Waals surface area contributed by atoms with Gasteiger partial charge in [-0.05, 0) is 71.0 Å². The van der Waals surface area contributed by atoms with E-state index < -0.39 is 16.6 Å². The largest absolute Gasteiger partial charge is 0.544 e. The van der Waals surface area contributed by atoms with Crippen LogP contribution in [0.15, 0.2) is 23.4 Å². The van der Waals surface area contributed by atoms with Crippen LogP contribution in [-0.4, -0.2) is 23.7 Å². The molecule has 1 aliphatic carbocycles.